The van der Waals surface area contributed by atoms with Crippen molar-refractivity contribution in [2.75, 3.05) is 13.6 Å². The summed E-state index contributed by atoms with van der Waals surface area (Å²) in [6.07, 6.45) is 2.16. The number of hydrogen-bond donors (Lipinski definition) is 1. The topological polar surface area (TPSA) is 66.5 Å². The zero-order valence-corrected chi connectivity index (χ0v) is 16.4. The quantitative estimate of drug-likeness (QED) is 0.822. The molecule has 0 radical (unpaired) electrons. The third-order valence-electron chi connectivity index (χ3n) is 4.80. The molecule has 1 aliphatic heterocycles. The molecule has 0 aliphatic carbocycles. The van der Waals surface area contributed by atoms with Crippen molar-refractivity contribution in [3.63, 3.8) is 0 Å². The Morgan fingerprint density at radius 2 is 2.04 bits per heavy atom. The second kappa shape index (κ2) is 7.96. The fraction of sp³-hybridized carbons (Fsp3) is 0.316. The van der Waals surface area contributed by atoms with Crippen molar-refractivity contribution < 1.29 is 17.6 Å². The molecule has 1 saturated heterocycles. The summed E-state index contributed by atoms with van der Waals surface area (Å²) in [7, 11) is -2.50. The second-order valence-corrected chi connectivity index (χ2v) is 8.73. The van der Waals surface area contributed by atoms with E-state index < -0.39 is 21.7 Å². The first-order valence-electron chi connectivity index (χ1n) is 8.61. The predicted molar refractivity (Wildman–Crippen MR) is 102 cm³/mol. The first kappa shape index (κ1) is 19.8. The number of rotatable bonds is 5. The summed E-state index contributed by atoms with van der Waals surface area (Å²) < 4.78 is 40.4. The first-order chi connectivity index (χ1) is 12.8. The number of nitrogens with one attached hydrogen (secondary N) is 1. The van der Waals surface area contributed by atoms with Gasteiger partial charge in [-0.05, 0) is 56.1 Å². The summed E-state index contributed by atoms with van der Waals surface area (Å²) in [4.78, 5) is 14.4. The van der Waals surface area contributed by atoms with Gasteiger partial charge in [-0.15, -0.1) is 0 Å². The second-order valence-electron chi connectivity index (χ2n) is 6.44. The smallest absolute Gasteiger partial charge is 0.257 e. The monoisotopic (exact) mass is 410 g/mol. The van der Waals surface area contributed by atoms with Crippen molar-refractivity contribution in [1.29, 1.82) is 0 Å². The Balaban J connectivity index is 1.88. The van der Waals surface area contributed by atoms with Gasteiger partial charge in [-0.2, -0.15) is 0 Å². The number of benzene rings is 2. The molecule has 1 fully saturated rings. The molecule has 1 unspecified atom stereocenters. The lowest BCUT2D eigenvalue weighted by atomic mass is 10.0. The van der Waals surface area contributed by atoms with E-state index in [1.54, 1.807) is 11.0 Å². The van der Waals surface area contributed by atoms with E-state index in [9.17, 15) is 17.6 Å². The highest BCUT2D eigenvalue weighted by molar-refractivity contribution is 7.89. The van der Waals surface area contributed by atoms with Gasteiger partial charge < -0.3 is 4.90 Å². The van der Waals surface area contributed by atoms with Gasteiger partial charge in [-0.3, -0.25) is 4.79 Å². The highest BCUT2D eigenvalue weighted by Gasteiger charge is 2.31. The molecule has 1 amide bonds. The van der Waals surface area contributed by atoms with Crippen LogP contribution in [0.25, 0.3) is 0 Å². The molecule has 1 aliphatic rings. The van der Waals surface area contributed by atoms with Crippen LogP contribution in [-0.2, 0) is 16.4 Å². The maximum absolute atomic E-state index is 14.3. The molecule has 144 valence electrons. The standard InChI is InChI=1S/C19H20ClFN2O3S/c1-22-27(25,26)15-8-9-18(21)16(12-15)19(24)23-10-4-6-14(23)11-13-5-2-3-7-17(13)20/h2-3,5,7-9,12,14,22H,4,6,10-11H2,1H3. The first-order valence-corrected chi connectivity index (χ1v) is 10.5. The van der Waals surface area contributed by atoms with E-state index in [-0.39, 0.29) is 16.5 Å². The van der Waals surface area contributed by atoms with Gasteiger partial charge in [0.15, 0.2) is 0 Å². The van der Waals surface area contributed by atoms with Crippen molar-refractivity contribution in [2.24, 2.45) is 0 Å². The van der Waals surface area contributed by atoms with Gasteiger partial charge in [-0.25, -0.2) is 17.5 Å². The minimum Gasteiger partial charge on any atom is -0.335 e. The number of sulfonamides is 1. The van der Waals surface area contributed by atoms with Crippen LogP contribution in [0.1, 0.15) is 28.8 Å². The third-order valence-corrected chi connectivity index (χ3v) is 6.58. The maximum atomic E-state index is 14.3. The molecule has 0 aromatic heterocycles. The molecule has 3 rings (SSSR count). The minimum absolute atomic E-state index is 0.110. The van der Waals surface area contributed by atoms with Crippen LogP contribution in [-0.4, -0.2) is 38.9 Å². The van der Waals surface area contributed by atoms with Gasteiger partial charge in [0, 0.05) is 17.6 Å². The number of amides is 1. The fourth-order valence-electron chi connectivity index (χ4n) is 3.34. The van der Waals surface area contributed by atoms with Gasteiger partial charge in [0.25, 0.3) is 5.91 Å². The van der Waals surface area contributed by atoms with Gasteiger partial charge in [0.2, 0.25) is 10.0 Å². The summed E-state index contributed by atoms with van der Waals surface area (Å²) in [5.41, 5.74) is 0.688. The number of likely N-dealkylation sites (tertiary alicyclic amines) is 1. The molecule has 1 N–H and O–H groups in total. The van der Waals surface area contributed by atoms with Crippen LogP contribution >= 0.6 is 11.6 Å². The van der Waals surface area contributed by atoms with Crippen molar-refractivity contribution in [3.05, 3.63) is 64.4 Å². The zero-order chi connectivity index (χ0) is 19.6. The van der Waals surface area contributed by atoms with Crippen molar-refractivity contribution in [1.82, 2.24) is 9.62 Å². The van der Waals surface area contributed by atoms with Gasteiger partial charge in [0.1, 0.15) is 5.82 Å². The Kier molecular flexibility index (Phi) is 5.83. The number of carbonyl (C=O) groups excluding carboxylic acids is 1. The molecule has 0 saturated carbocycles. The average Bonchev–Trinajstić information content (AvgIpc) is 3.11. The summed E-state index contributed by atoms with van der Waals surface area (Å²) in [6, 6.07) is 10.6. The van der Waals surface area contributed by atoms with E-state index in [1.165, 1.54) is 7.05 Å². The predicted octanol–water partition coefficient (Wildman–Crippen LogP) is 3.23. The van der Waals surface area contributed by atoms with E-state index >= 15 is 0 Å². The summed E-state index contributed by atoms with van der Waals surface area (Å²) in [5, 5.41) is 0.630. The molecule has 8 heteroatoms. The largest absolute Gasteiger partial charge is 0.335 e. The van der Waals surface area contributed by atoms with Crippen molar-refractivity contribution in [2.45, 2.75) is 30.2 Å². The van der Waals surface area contributed by atoms with Crippen LogP contribution in [0.5, 0.6) is 0 Å². The van der Waals surface area contributed by atoms with Crippen LogP contribution in [0.4, 0.5) is 4.39 Å². The molecule has 2 aromatic rings. The van der Waals surface area contributed by atoms with Gasteiger partial charge in [0.05, 0.1) is 10.5 Å². The van der Waals surface area contributed by atoms with E-state index in [0.29, 0.717) is 18.0 Å². The zero-order valence-electron chi connectivity index (χ0n) is 14.8. The third kappa shape index (κ3) is 4.15. The van der Waals surface area contributed by atoms with Crippen LogP contribution in [0.3, 0.4) is 0 Å². The number of hydrogen-bond acceptors (Lipinski definition) is 3. The van der Waals surface area contributed by atoms with E-state index in [1.807, 2.05) is 18.2 Å². The molecule has 5 nitrogen and oxygen atoms in total. The molecule has 0 bridgehead atoms. The lowest BCUT2D eigenvalue weighted by molar-refractivity contribution is 0.0731. The van der Waals surface area contributed by atoms with Crippen LogP contribution in [0.15, 0.2) is 47.4 Å². The highest BCUT2D eigenvalue weighted by Crippen LogP contribution is 2.27. The Labute approximate surface area is 163 Å². The number of carbonyl (C=O) groups is 1. The molecule has 1 atom stereocenters. The van der Waals surface area contributed by atoms with Crippen molar-refractivity contribution in [3.8, 4) is 0 Å². The Morgan fingerprint density at radius 1 is 1.30 bits per heavy atom. The summed E-state index contributed by atoms with van der Waals surface area (Å²) >= 11 is 6.22. The van der Waals surface area contributed by atoms with E-state index in [2.05, 4.69) is 4.72 Å². The van der Waals surface area contributed by atoms with Gasteiger partial charge >= 0.3 is 0 Å². The van der Waals surface area contributed by atoms with Crippen LogP contribution < -0.4 is 4.72 Å². The SMILES string of the molecule is CNS(=O)(=O)c1ccc(F)c(C(=O)N2CCCC2Cc2ccccc2Cl)c1. The lowest BCUT2D eigenvalue weighted by Gasteiger charge is -2.25. The molecule has 27 heavy (non-hydrogen) atoms. The van der Waals surface area contributed by atoms with E-state index in [0.717, 1.165) is 36.6 Å². The molecular formula is C19H20ClFN2O3S. The van der Waals surface area contributed by atoms with E-state index in [4.69, 9.17) is 11.6 Å². The maximum Gasteiger partial charge on any atom is 0.257 e. The highest BCUT2D eigenvalue weighted by atomic mass is 35.5. The van der Waals surface area contributed by atoms with Crippen molar-refractivity contribution >= 4 is 27.5 Å². The Hall–Kier alpha value is -1.96. The normalized spacial score (nSPS) is 17.3. The molecular weight excluding hydrogens is 391 g/mol. The number of halogens is 2. The molecule has 0 spiro atoms. The Morgan fingerprint density at radius 3 is 2.74 bits per heavy atom. The molecule has 2 aromatic carbocycles. The summed E-state index contributed by atoms with van der Waals surface area (Å²) in [6.45, 7) is 0.496. The van der Waals surface area contributed by atoms with Crippen LogP contribution in [0.2, 0.25) is 5.02 Å². The van der Waals surface area contributed by atoms with Crippen LogP contribution in [0, 0.1) is 5.82 Å². The molecule has 1 heterocycles. The fourth-order valence-corrected chi connectivity index (χ4v) is 4.31. The number of nitrogens with zero attached hydrogens (tertiary/aromatic N) is 1. The Bertz CT molecular complexity index is 965. The summed E-state index contributed by atoms with van der Waals surface area (Å²) in [5.74, 6) is -1.24. The van der Waals surface area contributed by atoms with Gasteiger partial charge in [-0.1, -0.05) is 29.8 Å². The average molecular weight is 411 g/mol. The lowest BCUT2D eigenvalue weighted by Crippen LogP contribution is -2.37. The minimum atomic E-state index is -3.77.